The molecule has 4 nitrogen and oxygen atoms in total. The van der Waals surface area contributed by atoms with Crippen LogP contribution < -0.4 is 15.4 Å². The number of benzene rings is 1. The van der Waals surface area contributed by atoms with Gasteiger partial charge in [0, 0.05) is 23.8 Å². The summed E-state index contributed by atoms with van der Waals surface area (Å²) in [5, 5.41) is 6.68. The highest BCUT2D eigenvalue weighted by molar-refractivity contribution is 8.00. The van der Waals surface area contributed by atoms with E-state index in [1.807, 2.05) is 36.9 Å². The molecule has 1 fully saturated rings. The van der Waals surface area contributed by atoms with Gasteiger partial charge in [0.2, 0.25) is 0 Å². The molecule has 1 saturated heterocycles. The molecule has 21 heavy (non-hydrogen) atoms. The third-order valence-electron chi connectivity index (χ3n) is 4.09. The summed E-state index contributed by atoms with van der Waals surface area (Å²) in [6.45, 7) is 3.46. The van der Waals surface area contributed by atoms with Gasteiger partial charge >= 0.3 is 6.03 Å². The van der Waals surface area contributed by atoms with E-state index in [1.165, 1.54) is 18.6 Å². The van der Waals surface area contributed by atoms with Crippen LogP contribution in [0.4, 0.5) is 4.79 Å². The highest BCUT2D eigenvalue weighted by Gasteiger charge is 2.24. The number of urea groups is 1. The van der Waals surface area contributed by atoms with Crippen molar-refractivity contribution in [3.8, 4) is 5.75 Å². The van der Waals surface area contributed by atoms with Gasteiger partial charge in [0.1, 0.15) is 5.75 Å². The predicted molar refractivity (Wildman–Crippen MR) is 86.0 cm³/mol. The SMILES string of the molecule is Cc1cccc2c1OCC[C@H]2NC(=O)NC[C@H]1CCCS1. The molecule has 0 saturated carbocycles. The van der Waals surface area contributed by atoms with Crippen molar-refractivity contribution in [1.29, 1.82) is 0 Å². The molecule has 5 heteroatoms. The zero-order valence-corrected chi connectivity index (χ0v) is 13.2. The van der Waals surface area contributed by atoms with Gasteiger partial charge in [-0.1, -0.05) is 18.2 Å². The predicted octanol–water partition coefficient (Wildman–Crippen LogP) is 3.01. The molecule has 2 amide bonds. The van der Waals surface area contributed by atoms with Gasteiger partial charge in [-0.2, -0.15) is 11.8 Å². The van der Waals surface area contributed by atoms with E-state index in [0.29, 0.717) is 11.9 Å². The number of ether oxygens (including phenoxy) is 1. The van der Waals surface area contributed by atoms with Gasteiger partial charge in [-0.15, -0.1) is 0 Å². The number of hydrogen-bond acceptors (Lipinski definition) is 3. The molecule has 0 spiro atoms. The molecule has 1 aromatic rings. The molecular formula is C16H22N2O2S. The van der Waals surface area contributed by atoms with E-state index in [9.17, 15) is 4.79 Å². The van der Waals surface area contributed by atoms with Crippen LogP contribution in [0.15, 0.2) is 18.2 Å². The number of aryl methyl sites for hydroxylation is 1. The van der Waals surface area contributed by atoms with E-state index in [0.717, 1.165) is 29.8 Å². The second-order valence-corrected chi connectivity index (χ2v) is 7.08. The monoisotopic (exact) mass is 306 g/mol. The molecule has 3 rings (SSSR count). The Hall–Kier alpha value is -1.36. The van der Waals surface area contributed by atoms with Crippen molar-refractivity contribution < 1.29 is 9.53 Å². The number of rotatable bonds is 3. The first-order valence-corrected chi connectivity index (χ1v) is 8.67. The molecule has 2 N–H and O–H groups in total. The zero-order chi connectivity index (χ0) is 14.7. The van der Waals surface area contributed by atoms with Crippen molar-refractivity contribution in [2.45, 2.75) is 37.5 Å². The Labute approximate surface area is 130 Å². The van der Waals surface area contributed by atoms with E-state index in [2.05, 4.69) is 10.6 Å². The number of para-hydroxylation sites is 1. The Morgan fingerprint density at radius 1 is 1.43 bits per heavy atom. The molecule has 0 bridgehead atoms. The molecular weight excluding hydrogens is 284 g/mol. The topological polar surface area (TPSA) is 50.4 Å². The summed E-state index contributed by atoms with van der Waals surface area (Å²) in [7, 11) is 0. The number of hydrogen-bond donors (Lipinski definition) is 2. The highest BCUT2D eigenvalue weighted by Crippen LogP contribution is 2.34. The van der Waals surface area contributed by atoms with Gasteiger partial charge in [-0.3, -0.25) is 0 Å². The average molecular weight is 306 g/mol. The number of carbonyl (C=O) groups is 1. The molecule has 1 aromatic carbocycles. The highest BCUT2D eigenvalue weighted by atomic mass is 32.2. The largest absolute Gasteiger partial charge is 0.493 e. The molecule has 2 aliphatic rings. The lowest BCUT2D eigenvalue weighted by Crippen LogP contribution is -2.41. The van der Waals surface area contributed by atoms with Crippen LogP contribution >= 0.6 is 11.8 Å². The Morgan fingerprint density at radius 2 is 2.33 bits per heavy atom. The third kappa shape index (κ3) is 3.46. The summed E-state index contributed by atoms with van der Waals surface area (Å²) in [4.78, 5) is 12.1. The molecule has 0 aromatic heterocycles. The first-order valence-electron chi connectivity index (χ1n) is 7.62. The number of fused-ring (bicyclic) bond motifs is 1. The van der Waals surface area contributed by atoms with Crippen molar-refractivity contribution in [1.82, 2.24) is 10.6 Å². The normalized spacial score (nSPS) is 24.0. The summed E-state index contributed by atoms with van der Waals surface area (Å²) in [6, 6.07) is 6.08. The molecule has 0 unspecified atom stereocenters. The maximum Gasteiger partial charge on any atom is 0.315 e. The lowest BCUT2D eigenvalue weighted by atomic mass is 9.98. The van der Waals surface area contributed by atoms with Crippen molar-refractivity contribution in [2.75, 3.05) is 18.9 Å². The quantitative estimate of drug-likeness (QED) is 0.902. The van der Waals surface area contributed by atoms with Crippen LogP contribution in [0, 0.1) is 6.92 Å². The lowest BCUT2D eigenvalue weighted by molar-refractivity contribution is 0.223. The Morgan fingerprint density at radius 3 is 3.14 bits per heavy atom. The van der Waals surface area contributed by atoms with E-state index < -0.39 is 0 Å². The van der Waals surface area contributed by atoms with Crippen molar-refractivity contribution in [3.63, 3.8) is 0 Å². The number of nitrogens with one attached hydrogen (secondary N) is 2. The summed E-state index contributed by atoms with van der Waals surface area (Å²) in [5.74, 6) is 2.15. The molecule has 0 aliphatic carbocycles. The van der Waals surface area contributed by atoms with Gasteiger partial charge in [0.15, 0.2) is 0 Å². The fourth-order valence-corrected chi connectivity index (χ4v) is 4.15. The first kappa shape index (κ1) is 14.6. The van der Waals surface area contributed by atoms with E-state index in [4.69, 9.17) is 4.74 Å². The van der Waals surface area contributed by atoms with Crippen LogP contribution in [-0.2, 0) is 0 Å². The van der Waals surface area contributed by atoms with Crippen molar-refractivity contribution >= 4 is 17.8 Å². The molecule has 2 aliphatic heterocycles. The van der Waals surface area contributed by atoms with Crippen LogP contribution in [0.3, 0.4) is 0 Å². The maximum absolute atomic E-state index is 12.1. The van der Waals surface area contributed by atoms with Crippen LogP contribution in [-0.4, -0.2) is 30.2 Å². The molecule has 2 atom stereocenters. The van der Waals surface area contributed by atoms with Crippen LogP contribution in [0.2, 0.25) is 0 Å². The summed E-state index contributed by atoms with van der Waals surface area (Å²) in [5.41, 5.74) is 2.22. The Kier molecular flexibility index (Phi) is 4.58. The van der Waals surface area contributed by atoms with Crippen LogP contribution in [0.1, 0.15) is 36.4 Å². The third-order valence-corrected chi connectivity index (χ3v) is 5.49. The minimum atomic E-state index is -0.0677. The molecule has 2 heterocycles. The van der Waals surface area contributed by atoms with Crippen LogP contribution in [0.5, 0.6) is 5.75 Å². The Bertz CT molecular complexity index is 515. The smallest absolute Gasteiger partial charge is 0.315 e. The summed E-state index contributed by atoms with van der Waals surface area (Å²) >= 11 is 1.96. The second-order valence-electron chi connectivity index (χ2n) is 5.67. The first-order chi connectivity index (χ1) is 10.2. The van der Waals surface area contributed by atoms with E-state index in [1.54, 1.807) is 0 Å². The van der Waals surface area contributed by atoms with Gasteiger partial charge < -0.3 is 15.4 Å². The molecule has 114 valence electrons. The Balaban J connectivity index is 1.58. The van der Waals surface area contributed by atoms with Gasteiger partial charge in [-0.05, 0) is 31.1 Å². The van der Waals surface area contributed by atoms with E-state index in [-0.39, 0.29) is 12.1 Å². The van der Waals surface area contributed by atoms with Crippen molar-refractivity contribution in [2.24, 2.45) is 0 Å². The van der Waals surface area contributed by atoms with E-state index >= 15 is 0 Å². The lowest BCUT2D eigenvalue weighted by Gasteiger charge is -2.28. The average Bonchev–Trinajstić information content (AvgIpc) is 3.00. The van der Waals surface area contributed by atoms with Gasteiger partial charge in [-0.25, -0.2) is 4.79 Å². The maximum atomic E-state index is 12.1. The van der Waals surface area contributed by atoms with Crippen molar-refractivity contribution in [3.05, 3.63) is 29.3 Å². The number of amides is 2. The fourth-order valence-electron chi connectivity index (χ4n) is 2.95. The minimum absolute atomic E-state index is 0.0462. The number of carbonyl (C=O) groups excluding carboxylic acids is 1. The summed E-state index contributed by atoms with van der Waals surface area (Å²) < 4.78 is 5.73. The zero-order valence-electron chi connectivity index (χ0n) is 12.4. The standard InChI is InChI=1S/C16H22N2O2S/c1-11-4-2-6-13-14(7-8-20-15(11)13)18-16(19)17-10-12-5-3-9-21-12/h2,4,6,12,14H,3,5,7-10H2,1H3,(H2,17,18,19)/t12-,14-/m1/s1. The van der Waals surface area contributed by atoms with Gasteiger partial charge in [0.25, 0.3) is 0 Å². The van der Waals surface area contributed by atoms with Crippen LogP contribution in [0.25, 0.3) is 0 Å². The number of thioether (sulfide) groups is 1. The summed E-state index contributed by atoms with van der Waals surface area (Å²) in [6.07, 6.45) is 3.30. The minimum Gasteiger partial charge on any atom is -0.493 e. The second kappa shape index (κ2) is 6.60. The molecule has 0 radical (unpaired) electrons. The van der Waals surface area contributed by atoms with Gasteiger partial charge in [0.05, 0.1) is 12.6 Å². The fraction of sp³-hybridized carbons (Fsp3) is 0.562.